The van der Waals surface area contributed by atoms with Crippen LogP contribution >= 0.6 is 0 Å². The minimum atomic E-state index is -0.894. The average Bonchev–Trinajstić information content (AvgIpc) is 2.75. The lowest BCUT2D eigenvalue weighted by molar-refractivity contribution is -0.134. The van der Waals surface area contributed by atoms with Gasteiger partial charge < -0.3 is 14.6 Å². The van der Waals surface area contributed by atoms with Gasteiger partial charge in [0.05, 0.1) is 6.21 Å². The van der Waals surface area contributed by atoms with Gasteiger partial charge in [-0.1, -0.05) is 42.5 Å². The van der Waals surface area contributed by atoms with E-state index in [0.29, 0.717) is 11.5 Å². The predicted molar refractivity (Wildman–Crippen MR) is 105 cm³/mol. The van der Waals surface area contributed by atoms with Gasteiger partial charge >= 0.3 is 0 Å². The lowest BCUT2D eigenvalue weighted by atomic mass is 10.0. The maximum Gasteiger partial charge on any atom is 0.285 e. The topological polar surface area (TPSA) is 80.2 Å². The summed E-state index contributed by atoms with van der Waals surface area (Å²) in [6.07, 6.45) is 0.00111. The number of rotatable bonds is 4. The second-order valence-electron chi connectivity index (χ2n) is 6.26. The van der Waals surface area contributed by atoms with E-state index in [1.807, 2.05) is 48.5 Å². The van der Waals surface area contributed by atoms with E-state index in [1.165, 1.54) is 6.21 Å². The van der Waals surface area contributed by atoms with E-state index in [2.05, 4.69) is 10.5 Å². The number of ether oxygens (including phenoxy) is 2. The van der Waals surface area contributed by atoms with E-state index in [-0.39, 0.29) is 5.75 Å². The number of carbonyl (C=O) groups excluding carboxylic acids is 1. The molecule has 4 rings (SSSR count). The molecule has 0 fully saturated rings. The third-order valence-electron chi connectivity index (χ3n) is 4.30. The zero-order chi connectivity index (χ0) is 19.3. The lowest BCUT2D eigenvalue weighted by Crippen LogP contribution is -2.44. The second kappa shape index (κ2) is 7.84. The Labute approximate surface area is 162 Å². The van der Waals surface area contributed by atoms with Crippen LogP contribution in [0.5, 0.6) is 17.2 Å². The molecule has 6 nitrogen and oxygen atoms in total. The molecule has 2 N–H and O–H groups in total. The number of benzene rings is 3. The fourth-order valence-electron chi connectivity index (χ4n) is 2.91. The number of amides is 1. The first kappa shape index (κ1) is 17.6. The number of nitrogens with one attached hydrogen (secondary N) is 1. The molecule has 6 heteroatoms. The number of carbonyl (C=O) groups is 1. The zero-order valence-corrected chi connectivity index (χ0v) is 14.9. The first-order chi connectivity index (χ1) is 13.7. The van der Waals surface area contributed by atoms with Crippen LogP contribution in [-0.2, 0) is 4.79 Å². The van der Waals surface area contributed by atoms with Crippen molar-refractivity contribution in [1.82, 2.24) is 5.43 Å². The summed E-state index contributed by atoms with van der Waals surface area (Å²) in [6.45, 7) is 0. The van der Waals surface area contributed by atoms with Gasteiger partial charge in [-0.2, -0.15) is 5.10 Å². The molecule has 0 unspecified atom stereocenters. The highest BCUT2D eigenvalue weighted by Gasteiger charge is 2.38. The fourth-order valence-corrected chi connectivity index (χ4v) is 2.91. The Hall–Kier alpha value is -3.80. The first-order valence-corrected chi connectivity index (χ1v) is 8.80. The van der Waals surface area contributed by atoms with Crippen LogP contribution in [0.25, 0.3) is 0 Å². The van der Waals surface area contributed by atoms with Crippen molar-refractivity contribution < 1.29 is 19.4 Å². The first-order valence-electron chi connectivity index (χ1n) is 8.80. The summed E-state index contributed by atoms with van der Waals surface area (Å²) < 4.78 is 12.0. The molecule has 1 aliphatic rings. The SMILES string of the molecule is O=C(N/N=C\c1ccc(O)cc1)[C@@H]1Oc2ccccc2O[C@H]1c1ccccc1. The molecule has 0 bridgehead atoms. The van der Waals surface area contributed by atoms with Crippen molar-refractivity contribution in [3.63, 3.8) is 0 Å². The standard InChI is InChI=1S/C22H18N2O4/c25-17-12-10-15(11-13-17)14-23-24-22(26)21-20(16-6-2-1-3-7-16)27-18-8-4-5-9-19(18)28-21/h1-14,20-21,25H,(H,24,26)/b23-14-/t20-,21+/m0/s1. The number of para-hydroxylation sites is 2. The van der Waals surface area contributed by atoms with Crippen molar-refractivity contribution in [1.29, 1.82) is 0 Å². The third-order valence-corrected chi connectivity index (χ3v) is 4.30. The van der Waals surface area contributed by atoms with Crippen LogP contribution in [0.4, 0.5) is 0 Å². The van der Waals surface area contributed by atoms with E-state index >= 15 is 0 Å². The van der Waals surface area contributed by atoms with Crippen molar-refractivity contribution in [2.75, 3.05) is 0 Å². The van der Waals surface area contributed by atoms with Gasteiger partial charge in [-0.25, -0.2) is 5.43 Å². The van der Waals surface area contributed by atoms with Crippen molar-refractivity contribution in [2.24, 2.45) is 5.10 Å². The van der Waals surface area contributed by atoms with E-state index in [9.17, 15) is 9.90 Å². The molecular weight excluding hydrogens is 356 g/mol. The highest BCUT2D eigenvalue weighted by molar-refractivity contribution is 5.85. The molecule has 1 aliphatic heterocycles. The van der Waals surface area contributed by atoms with E-state index in [0.717, 1.165) is 11.1 Å². The molecular formula is C22H18N2O4. The summed E-state index contributed by atoms with van der Waals surface area (Å²) in [6, 6.07) is 23.2. The molecule has 0 saturated heterocycles. The number of phenols is 1. The summed E-state index contributed by atoms with van der Waals surface area (Å²) in [5.41, 5.74) is 4.08. The van der Waals surface area contributed by atoms with E-state index in [4.69, 9.17) is 9.47 Å². The molecule has 0 saturated carbocycles. The van der Waals surface area contributed by atoms with Gasteiger partial charge in [-0.3, -0.25) is 4.79 Å². The third kappa shape index (κ3) is 3.81. The summed E-state index contributed by atoms with van der Waals surface area (Å²) in [4.78, 5) is 12.8. The Balaban J connectivity index is 1.54. The predicted octanol–water partition coefficient (Wildman–Crippen LogP) is 3.42. The molecule has 0 aromatic heterocycles. The van der Waals surface area contributed by atoms with Crippen LogP contribution in [0.15, 0.2) is 84.0 Å². The number of aromatic hydroxyl groups is 1. The molecule has 0 radical (unpaired) electrons. The normalized spacial score (nSPS) is 18.0. The van der Waals surface area contributed by atoms with Gasteiger partial charge in [0.15, 0.2) is 17.6 Å². The van der Waals surface area contributed by atoms with Crippen LogP contribution in [0.1, 0.15) is 17.2 Å². The number of hydrazone groups is 1. The van der Waals surface area contributed by atoms with Crippen LogP contribution < -0.4 is 14.9 Å². The molecule has 28 heavy (non-hydrogen) atoms. The van der Waals surface area contributed by atoms with Crippen molar-refractivity contribution in [3.05, 3.63) is 90.0 Å². The molecule has 3 aromatic rings. The van der Waals surface area contributed by atoms with Crippen LogP contribution in [0.2, 0.25) is 0 Å². The summed E-state index contributed by atoms with van der Waals surface area (Å²) >= 11 is 0. The zero-order valence-electron chi connectivity index (χ0n) is 14.9. The van der Waals surface area contributed by atoms with Crippen LogP contribution in [-0.4, -0.2) is 23.3 Å². The Morgan fingerprint density at radius 2 is 1.54 bits per heavy atom. The van der Waals surface area contributed by atoms with Crippen LogP contribution in [0, 0.1) is 0 Å². The maximum atomic E-state index is 12.8. The van der Waals surface area contributed by atoms with Crippen molar-refractivity contribution in [3.8, 4) is 17.2 Å². The second-order valence-corrected chi connectivity index (χ2v) is 6.26. The maximum absolute atomic E-state index is 12.8. The molecule has 140 valence electrons. The number of fused-ring (bicyclic) bond motifs is 1. The smallest absolute Gasteiger partial charge is 0.285 e. The highest BCUT2D eigenvalue weighted by atomic mass is 16.6. The minimum Gasteiger partial charge on any atom is -0.508 e. The highest BCUT2D eigenvalue weighted by Crippen LogP contribution is 2.39. The van der Waals surface area contributed by atoms with Crippen molar-refractivity contribution >= 4 is 12.1 Å². The number of phenolic OH excluding ortho intramolecular Hbond substituents is 1. The summed E-state index contributed by atoms with van der Waals surface area (Å²) in [5, 5.41) is 13.3. The lowest BCUT2D eigenvalue weighted by Gasteiger charge is -2.32. The average molecular weight is 374 g/mol. The van der Waals surface area contributed by atoms with Gasteiger partial charge in [0.25, 0.3) is 5.91 Å². The summed E-state index contributed by atoms with van der Waals surface area (Å²) in [5.74, 6) is 0.849. The molecule has 3 aromatic carbocycles. The van der Waals surface area contributed by atoms with Gasteiger partial charge in [0.1, 0.15) is 5.75 Å². The number of hydrogen-bond acceptors (Lipinski definition) is 5. The molecule has 0 aliphatic carbocycles. The van der Waals surface area contributed by atoms with Gasteiger partial charge in [-0.05, 0) is 47.5 Å². The van der Waals surface area contributed by atoms with E-state index < -0.39 is 18.1 Å². The van der Waals surface area contributed by atoms with Gasteiger partial charge in [-0.15, -0.1) is 0 Å². The van der Waals surface area contributed by atoms with E-state index in [1.54, 1.807) is 30.3 Å². The van der Waals surface area contributed by atoms with Gasteiger partial charge in [0, 0.05) is 0 Å². The summed E-state index contributed by atoms with van der Waals surface area (Å²) in [7, 11) is 0. The fraction of sp³-hybridized carbons (Fsp3) is 0.0909. The Morgan fingerprint density at radius 1 is 0.893 bits per heavy atom. The number of hydrogen-bond donors (Lipinski definition) is 2. The largest absolute Gasteiger partial charge is 0.508 e. The molecule has 0 spiro atoms. The molecule has 1 heterocycles. The Kier molecular flexibility index (Phi) is 4.93. The monoisotopic (exact) mass is 374 g/mol. The Bertz CT molecular complexity index is 987. The van der Waals surface area contributed by atoms with Crippen molar-refractivity contribution in [2.45, 2.75) is 12.2 Å². The quantitative estimate of drug-likeness (QED) is 0.542. The Morgan fingerprint density at radius 3 is 2.25 bits per heavy atom. The van der Waals surface area contributed by atoms with Crippen LogP contribution in [0.3, 0.4) is 0 Å². The molecule has 2 atom stereocenters. The molecule has 1 amide bonds. The minimum absolute atomic E-state index is 0.165. The number of nitrogens with zero attached hydrogens (tertiary/aromatic N) is 1. The van der Waals surface area contributed by atoms with Gasteiger partial charge in [0.2, 0.25) is 6.10 Å².